The lowest BCUT2D eigenvalue weighted by Crippen LogP contribution is -2.45. The minimum atomic E-state index is -0.726. The highest BCUT2D eigenvalue weighted by atomic mass is 16.3. The van der Waals surface area contributed by atoms with Gasteiger partial charge in [0.25, 0.3) is 0 Å². The minimum Gasteiger partial charge on any atom is -0.377 e. The first-order valence-corrected chi connectivity index (χ1v) is 6.73. The van der Waals surface area contributed by atoms with Gasteiger partial charge in [0.2, 0.25) is 5.91 Å². The molecule has 0 rings (SSSR count). The molecule has 6 heteroatoms. The highest BCUT2D eigenvalue weighted by Gasteiger charge is 2.15. The Morgan fingerprint density at radius 1 is 1.21 bits per heavy atom. The fraction of sp³-hybridized carbons (Fsp3) is 0.846. The summed E-state index contributed by atoms with van der Waals surface area (Å²) in [6.45, 7) is 7.76. The van der Waals surface area contributed by atoms with Gasteiger partial charge in [-0.25, -0.2) is 0 Å². The molecule has 0 aliphatic rings. The van der Waals surface area contributed by atoms with Crippen molar-refractivity contribution < 1.29 is 14.7 Å². The van der Waals surface area contributed by atoms with Crippen LogP contribution in [0.25, 0.3) is 0 Å². The normalized spacial score (nSPS) is 12.5. The van der Waals surface area contributed by atoms with E-state index in [0.717, 1.165) is 13.0 Å². The van der Waals surface area contributed by atoms with E-state index in [1.54, 1.807) is 18.9 Å². The van der Waals surface area contributed by atoms with Crippen molar-refractivity contribution in [3.8, 4) is 0 Å². The van der Waals surface area contributed by atoms with Crippen molar-refractivity contribution in [1.82, 2.24) is 15.1 Å². The van der Waals surface area contributed by atoms with E-state index in [0.29, 0.717) is 19.6 Å². The number of aliphatic hydroxyl groups excluding tert-OH is 1. The fourth-order valence-corrected chi connectivity index (χ4v) is 1.84. The molecule has 1 unspecified atom stereocenters. The zero-order valence-electron chi connectivity index (χ0n) is 12.5. The van der Waals surface area contributed by atoms with Crippen molar-refractivity contribution in [3.05, 3.63) is 0 Å². The summed E-state index contributed by atoms with van der Waals surface area (Å²) in [5, 5.41) is 12.2. The molecule has 0 aromatic heterocycles. The molecule has 0 aliphatic heterocycles. The Bertz CT molecular complexity index is 284. The topological polar surface area (TPSA) is 72.9 Å². The van der Waals surface area contributed by atoms with Crippen molar-refractivity contribution in [1.29, 1.82) is 0 Å². The number of carbonyl (C=O) groups excluding carboxylic acids is 2. The molecule has 0 heterocycles. The number of Topliss-reactive ketones (excluding diaryl/α,β-unsaturated/α-hetero) is 1. The van der Waals surface area contributed by atoms with Gasteiger partial charge in [-0.1, -0.05) is 6.92 Å². The van der Waals surface area contributed by atoms with E-state index < -0.39 is 6.23 Å². The van der Waals surface area contributed by atoms with Crippen molar-refractivity contribution in [3.63, 3.8) is 0 Å². The number of likely N-dealkylation sites (N-methyl/N-ethyl adjacent to an activating group) is 1. The molecule has 1 amide bonds. The second kappa shape index (κ2) is 9.89. The van der Waals surface area contributed by atoms with Crippen LogP contribution in [-0.4, -0.2) is 72.6 Å². The predicted molar refractivity (Wildman–Crippen MR) is 74.7 cm³/mol. The maximum absolute atomic E-state index is 11.5. The Kier molecular flexibility index (Phi) is 9.38. The van der Waals surface area contributed by atoms with Crippen LogP contribution in [0.15, 0.2) is 0 Å². The van der Waals surface area contributed by atoms with E-state index in [2.05, 4.69) is 12.2 Å². The quantitative estimate of drug-likeness (QED) is 0.533. The molecule has 0 bridgehead atoms. The van der Waals surface area contributed by atoms with Crippen LogP contribution >= 0.6 is 0 Å². The van der Waals surface area contributed by atoms with Crippen molar-refractivity contribution in [2.75, 3.05) is 39.8 Å². The monoisotopic (exact) mass is 273 g/mol. The first-order valence-electron chi connectivity index (χ1n) is 6.73. The van der Waals surface area contributed by atoms with Gasteiger partial charge < -0.3 is 10.0 Å². The van der Waals surface area contributed by atoms with E-state index in [1.807, 2.05) is 4.90 Å². The third-order valence-corrected chi connectivity index (χ3v) is 2.84. The first kappa shape index (κ1) is 18.0. The zero-order chi connectivity index (χ0) is 14.8. The highest BCUT2D eigenvalue weighted by Crippen LogP contribution is 1.97. The predicted octanol–water partition coefficient (Wildman–Crippen LogP) is -0.326. The number of carbonyl (C=O) groups is 2. The van der Waals surface area contributed by atoms with Gasteiger partial charge in [0, 0.05) is 20.0 Å². The Morgan fingerprint density at radius 2 is 1.84 bits per heavy atom. The molecule has 0 spiro atoms. The second-order valence-corrected chi connectivity index (χ2v) is 4.75. The lowest BCUT2D eigenvalue weighted by Gasteiger charge is -2.27. The van der Waals surface area contributed by atoms with E-state index in [1.165, 1.54) is 6.92 Å². The van der Waals surface area contributed by atoms with Crippen LogP contribution in [0.4, 0.5) is 0 Å². The number of aliphatic hydroxyl groups is 1. The molecular formula is C13H27N3O3. The summed E-state index contributed by atoms with van der Waals surface area (Å²) in [6.07, 6.45) is 0.239. The van der Waals surface area contributed by atoms with Gasteiger partial charge in [0.15, 0.2) is 0 Å². The summed E-state index contributed by atoms with van der Waals surface area (Å²) in [5.74, 6) is 0.0478. The van der Waals surface area contributed by atoms with Gasteiger partial charge in [0.1, 0.15) is 12.0 Å². The lowest BCUT2D eigenvalue weighted by molar-refractivity contribution is -0.130. The fourth-order valence-electron chi connectivity index (χ4n) is 1.84. The number of nitrogens with zero attached hydrogens (tertiary/aromatic N) is 2. The van der Waals surface area contributed by atoms with Gasteiger partial charge >= 0.3 is 0 Å². The van der Waals surface area contributed by atoms with Gasteiger partial charge in [-0.3, -0.25) is 19.8 Å². The number of ketones is 1. The SMILES string of the molecule is CCCN(CCN(CC(O)NC)C(C)=O)CC(C)=O. The third kappa shape index (κ3) is 8.69. The Morgan fingerprint density at radius 3 is 2.26 bits per heavy atom. The molecule has 0 aromatic rings. The number of nitrogens with one attached hydrogen (secondary N) is 1. The minimum absolute atomic E-state index is 0.0754. The number of amides is 1. The number of rotatable bonds is 10. The molecule has 1 atom stereocenters. The standard InChI is InChI=1S/C13H27N3O3/c1-5-6-15(9-11(2)17)7-8-16(12(3)18)10-13(19)14-4/h13-14,19H,5-10H2,1-4H3. The molecule has 0 radical (unpaired) electrons. The molecular weight excluding hydrogens is 246 g/mol. The van der Waals surface area contributed by atoms with Gasteiger partial charge in [-0.15, -0.1) is 0 Å². The average Bonchev–Trinajstić information content (AvgIpc) is 2.32. The van der Waals surface area contributed by atoms with E-state index in [9.17, 15) is 14.7 Å². The molecule has 0 fully saturated rings. The van der Waals surface area contributed by atoms with Gasteiger partial charge in [-0.05, 0) is 26.9 Å². The summed E-state index contributed by atoms with van der Waals surface area (Å²) in [5.41, 5.74) is 0. The van der Waals surface area contributed by atoms with Crippen LogP contribution < -0.4 is 5.32 Å². The molecule has 6 nitrogen and oxygen atoms in total. The summed E-state index contributed by atoms with van der Waals surface area (Å²) >= 11 is 0. The molecule has 0 aromatic carbocycles. The first-order chi connectivity index (χ1) is 8.90. The maximum Gasteiger partial charge on any atom is 0.219 e. The molecule has 0 aliphatic carbocycles. The van der Waals surface area contributed by atoms with E-state index >= 15 is 0 Å². The van der Waals surface area contributed by atoms with Crippen LogP contribution in [0.5, 0.6) is 0 Å². The van der Waals surface area contributed by atoms with Crippen molar-refractivity contribution >= 4 is 11.7 Å². The summed E-state index contributed by atoms with van der Waals surface area (Å²) in [6, 6.07) is 0. The largest absolute Gasteiger partial charge is 0.377 e. The second-order valence-electron chi connectivity index (χ2n) is 4.75. The van der Waals surface area contributed by atoms with Crippen LogP contribution in [-0.2, 0) is 9.59 Å². The van der Waals surface area contributed by atoms with Crippen LogP contribution in [0.1, 0.15) is 27.2 Å². The Hall–Kier alpha value is -0.980. The highest BCUT2D eigenvalue weighted by molar-refractivity contribution is 5.77. The third-order valence-electron chi connectivity index (χ3n) is 2.84. The van der Waals surface area contributed by atoms with Crippen LogP contribution in [0, 0.1) is 0 Å². The molecule has 0 saturated heterocycles. The molecule has 0 saturated carbocycles. The molecule has 19 heavy (non-hydrogen) atoms. The number of hydrogen-bond acceptors (Lipinski definition) is 5. The van der Waals surface area contributed by atoms with Gasteiger partial charge in [0.05, 0.1) is 13.1 Å². The molecule has 2 N–H and O–H groups in total. The summed E-state index contributed by atoms with van der Waals surface area (Å²) in [4.78, 5) is 26.3. The smallest absolute Gasteiger partial charge is 0.219 e. The summed E-state index contributed by atoms with van der Waals surface area (Å²) < 4.78 is 0. The van der Waals surface area contributed by atoms with E-state index in [-0.39, 0.29) is 18.2 Å². The van der Waals surface area contributed by atoms with Crippen LogP contribution in [0.2, 0.25) is 0 Å². The molecule has 112 valence electrons. The van der Waals surface area contributed by atoms with Crippen LogP contribution in [0.3, 0.4) is 0 Å². The zero-order valence-corrected chi connectivity index (χ0v) is 12.5. The lowest BCUT2D eigenvalue weighted by atomic mass is 10.3. The summed E-state index contributed by atoms with van der Waals surface area (Å²) in [7, 11) is 1.64. The average molecular weight is 273 g/mol. The maximum atomic E-state index is 11.5. The van der Waals surface area contributed by atoms with Crippen molar-refractivity contribution in [2.45, 2.75) is 33.4 Å². The van der Waals surface area contributed by atoms with Gasteiger partial charge in [-0.2, -0.15) is 0 Å². The van der Waals surface area contributed by atoms with E-state index in [4.69, 9.17) is 0 Å². The Balaban J connectivity index is 4.32. The van der Waals surface area contributed by atoms with Crippen molar-refractivity contribution in [2.24, 2.45) is 0 Å². The number of hydrogen-bond donors (Lipinski definition) is 2. The Labute approximate surface area is 115 Å².